The van der Waals surface area contributed by atoms with E-state index in [0.717, 1.165) is 10.1 Å². The van der Waals surface area contributed by atoms with Crippen molar-refractivity contribution in [3.8, 4) is 5.95 Å². The van der Waals surface area contributed by atoms with Gasteiger partial charge in [-0.2, -0.15) is 0 Å². The second-order valence-electron chi connectivity index (χ2n) is 6.01. The van der Waals surface area contributed by atoms with Crippen LogP contribution >= 0.6 is 15.9 Å². The Morgan fingerprint density at radius 1 is 1.05 bits per heavy atom. The molecule has 0 atom stereocenters. The molecule has 6 nitrogen and oxygen atoms in total. The molecule has 1 saturated heterocycles. The summed E-state index contributed by atoms with van der Waals surface area (Å²) in [6.45, 7) is 8.08. The molecular formula is C13H16BBrN4O2. The summed E-state index contributed by atoms with van der Waals surface area (Å²) in [5.41, 5.74) is 0.0634. The highest BCUT2D eigenvalue weighted by molar-refractivity contribution is 9.10. The Morgan fingerprint density at radius 2 is 1.62 bits per heavy atom. The molecule has 1 fully saturated rings. The van der Waals surface area contributed by atoms with Crippen LogP contribution in [0.1, 0.15) is 27.7 Å². The molecule has 0 aliphatic carbocycles. The topological polar surface area (TPSA) is 62.1 Å². The van der Waals surface area contributed by atoms with Crippen molar-refractivity contribution in [2.24, 2.45) is 0 Å². The van der Waals surface area contributed by atoms with E-state index in [1.54, 1.807) is 29.5 Å². The van der Waals surface area contributed by atoms with Crippen LogP contribution in [0, 0.1) is 0 Å². The van der Waals surface area contributed by atoms with E-state index >= 15 is 0 Å². The van der Waals surface area contributed by atoms with Gasteiger partial charge < -0.3 is 9.31 Å². The van der Waals surface area contributed by atoms with E-state index in [9.17, 15) is 0 Å². The number of hydrogen-bond donors (Lipinski definition) is 0. The van der Waals surface area contributed by atoms with Crippen LogP contribution in [0.4, 0.5) is 0 Å². The predicted octanol–water partition coefficient (Wildman–Crippen LogP) is 1.72. The highest BCUT2D eigenvalue weighted by atomic mass is 79.9. The summed E-state index contributed by atoms with van der Waals surface area (Å²) in [5.74, 6) is 0.550. The van der Waals surface area contributed by atoms with Crippen molar-refractivity contribution in [1.29, 1.82) is 0 Å². The summed E-state index contributed by atoms with van der Waals surface area (Å²) in [7, 11) is -0.446. The zero-order chi connectivity index (χ0) is 15.3. The molecule has 1 aliphatic rings. The molecule has 0 saturated carbocycles. The van der Waals surface area contributed by atoms with Gasteiger partial charge in [-0.3, -0.25) is 4.57 Å². The van der Waals surface area contributed by atoms with Crippen molar-refractivity contribution >= 4 is 28.5 Å². The molecule has 3 heterocycles. The molecule has 0 aromatic carbocycles. The van der Waals surface area contributed by atoms with Crippen LogP contribution in [-0.2, 0) is 9.31 Å². The average molecular weight is 351 g/mol. The van der Waals surface area contributed by atoms with Crippen LogP contribution in [-0.4, -0.2) is 37.8 Å². The maximum absolute atomic E-state index is 5.97. The largest absolute Gasteiger partial charge is 0.498 e. The summed E-state index contributed by atoms with van der Waals surface area (Å²) >= 11 is 3.30. The lowest BCUT2D eigenvalue weighted by molar-refractivity contribution is 0.00578. The first-order chi connectivity index (χ1) is 9.78. The number of halogens is 1. The zero-order valence-corrected chi connectivity index (χ0v) is 14.0. The minimum atomic E-state index is -0.446. The van der Waals surface area contributed by atoms with Crippen LogP contribution in [0.3, 0.4) is 0 Å². The molecule has 21 heavy (non-hydrogen) atoms. The van der Waals surface area contributed by atoms with E-state index in [2.05, 4.69) is 30.9 Å². The first-order valence-corrected chi connectivity index (χ1v) is 7.45. The standard InChI is InChI=1S/C13H16BBrN4O2/c1-12(2)13(3,4)21-14(20-12)9-5-16-11(17-6-9)19-7-10(15)18-8-19/h5-8H,1-4H3. The fourth-order valence-corrected chi connectivity index (χ4v) is 2.29. The molecule has 0 spiro atoms. The van der Waals surface area contributed by atoms with Crippen molar-refractivity contribution in [1.82, 2.24) is 19.5 Å². The zero-order valence-electron chi connectivity index (χ0n) is 12.4. The van der Waals surface area contributed by atoms with E-state index in [4.69, 9.17) is 9.31 Å². The van der Waals surface area contributed by atoms with E-state index in [-0.39, 0.29) is 11.2 Å². The second-order valence-corrected chi connectivity index (χ2v) is 6.82. The highest BCUT2D eigenvalue weighted by Gasteiger charge is 2.51. The molecule has 110 valence electrons. The molecule has 0 amide bonds. The van der Waals surface area contributed by atoms with Crippen molar-refractivity contribution in [3.63, 3.8) is 0 Å². The van der Waals surface area contributed by atoms with Gasteiger partial charge >= 0.3 is 7.12 Å². The molecule has 0 radical (unpaired) electrons. The third-order valence-corrected chi connectivity index (χ3v) is 4.38. The van der Waals surface area contributed by atoms with Gasteiger partial charge in [0.15, 0.2) is 0 Å². The maximum atomic E-state index is 5.97. The monoisotopic (exact) mass is 350 g/mol. The van der Waals surface area contributed by atoms with Gasteiger partial charge in [-0.25, -0.2) is 15.0 Å². The van der Waals surface area contributed by atoms with Gasteiger partial charge in [0.2, 0.25) is 5.95 Å². The summed E-state index contributed by atoms with van der Waals surface area (Å²) in [6.07, 6.45) is 6.88. The summed E-state index contributed by atoms with van der Waals surface area (Å²) < 4.78 is 14.4. The number of aromatic nitrogens is 4. The number of rotatable bonds is 2. The fourth-order valence-electron chi connectivity index (χ4n) is 1.97. The van der Waals surface area contributed by atoms with Crippen molar-refractivity contribution < 1.29 is 9.31 Å². The van der Waals surface area contributed by atoms with Gasteiger partial charge in [-0.05, 0) is 43.6 Å². The predicted molar refractivity (Wildman–Crippen MR) is 82.6 cm³/mol. The highest BCUT2D eigenvalue weighted by Crippen LogP contribution is 2.36. The van der Waals surface area contributed by atoms with E-state index in [1.165, 1.54) is 0 Å². The molecular weight excluding hydrogens is 335 g/mol. The Morgan fingerprint density at radius 3 is 2.10 bits per heavy atom. The van der Waals surface area contributed by atoms with Crippen LogP contribution in [0.25, 0.3) is 5.95 Å². The Hall–Kier alpha value is -1.25. The summed E-state index contributed by atoms with van der Waals surface area (Å²) in [4.78, 5) is 12.7. The first-order valence-electron chi connectivity index (χ1n) is 6.66. The Bertz CT molecular complexity index is 640. The molecule has 0 unspecified atom stereocenters. The molecule has 3 rings (SSSR count). The van der Waals surface area contributed by atoms with Crippen LogP contribution in [0.5, 0.6) is 0 Å². The van der Waals surface area contributed by atoms with Crippen molar-refractivity contribution in [2.75, 3.05) is 0 Å². The fraction of sp³-hybridized carbons (Fsp3) is 0.462. The van der Waals surface area contributed by atoms with Crippen LogP contribution in [0.2, 0.25) is 0 Å². The lowest BCUT2D eigenvalue weighted by atomic mass is 9.81. The Balaban J connectivity index is 1.83. The van der Waals surface area contributed by atoms with Gasteiger partial charge in [0.05, 0.1) is 11.2 Å². The number of nitrogens with zero attached hydrogens (tertiary/aromatic N) is 4. The Kier molecular flexibility index (Phi) is 3.42. The third kappa shape index (κ3) is 2.63. The summed E-state index contributed by atoms with van der Waals surface area (Å²) in [5, 5.41) is 0. The minimum Gasteiger partial charge on any atom is -0.399 e. The van der Waals surface area contributed by atoms with Gasteiger partial charge in [0, 0.05) is 24.1 Å². The molecule has 1 aliphatic heterocycles. The van der Waals surface area contributed by atoms with Gasteiger partial charge in [0.25, 0.3) is 0 Å². The lowest BCUT2D eigenvalue weighted by Gasteiger charge is -2.32. The molecule has 0 bridgehead atoms. The number of hydrogen-bond acceptors (Lipinski definition) is 5. The van der Waals surface area contributed by atoms with Crippen LogP contribution in [0.15, 0.2) is 29.5 Å². The first kappa shape index (κ1) is 14.7. The average Bonchev–Trinajstić information content (AvgIpc) is 2.92. The van der Waals surface area contributed by atoms with Gasteiger partial charge in [-0.15, -0.1) is 0 Å². The van der Waals surface area contributed by atoms with Crippen molar-refractivity contribution in [3.05, 3.63) is 29.5 Å². The maximum Gasteiger partial charge on any atom is 0.498 e. The molecule has 0 N–H and O–H groups in total. The second kappa shape index (κ2) is 4.89. The molecule has 2 aromatic heterocycles. The van der Waals surface area contributed by atoms with E-state index < -0.39 is 7.12 Å². The Labute approximate surface area is 132 Å². The molecule has 8 heteroatoms. The van der Waals surface area contributed by atoms with Crippen molar-refractivity contribution in [2.45, 2.75) is 38.9 Å². The normalized spacial score (nSPS) is 20.0. The lowest BCUT2D eigenvalue weighted by Crippen LogP contribution is -2.41. The van der Waals surface area contributed by atoms with E-state index in [1.807, 2.05) is 27.7 Å². The van der Waals surface area contributed by atoms with Crippen LogP contribution < -0.4 is 5.46 Å². The van der Waals surface area contributed by atoms with Gasteiger partial charge in [-0.1, -0.05) is 0 Å². The minimum absolute atomic E-state index is 0.369. The van der Waals surface area contributed by atoms with E-state index in [0.29, 0.717) is 5.95 Å². The number of imidazole rings is 1. The van der Waals surface area contributed by atoms with Gasteiger partial charge in [0.1, 0.15) is 10.9 Å². The smallest absolute Gasteiger partial charge is 0.399 e. The summed E-state index contributed by atoms with van der Waals surface area (Å²) in [6, 6.07) is 0. The third-order valence-electron chi connectivity index (χ3n) is 3.97. The quantitative estimate of drug-likeness (QED) is 0.772. The SMILES string of the molecule is CC1(C)OB(c2cnc(-n3cnc(Br)c3)nc2)OC1(C)C. The molecule has 2 aromatic rings.